The van der Waals surface area contributed by atoms with E-state index in [0.29, 0.717) is 5.90 Å². The first kappa shape index (κ1) is 12.0. The summed E-state index contributed by atoms with van der Waals surface area (Å²) in [6, 6.07) is 20.5. The van der Waals surface area contributed by atoms with Crippen molar-refractivity contribution >= 4 is 5.90 Å². The predicted molar refractivity (Wildman–Crippen MR) is 76.6 cm³/mol. The molecule has 0 bridgehead atoms. The molecule has 1 fully saturated rings. The highest BCUT2D eigenvalue weighted by Crippen LogP contribution is 2.43. The molecule has 96 valence electrons. The van der Waals surface area contributed by atoms with Gasteiger partial charge >= 0.3 is 0 Å². The second-order valence-corrected chi connectivity index (χ2v) is 5.10. The molecule has 19 heavy (non-hydrogen) atoms. The Labute approximate surface area is 113 Å². The van der Waals surface area contributed by atoms with E-state index in [4.69, 9.17) is 10.1 Å². The fraction of sp³-hybridized carbons (Fsp3) is 0.235. The number of hydrogen-bond donors (Lipinski definition) is 1. The summed E-state index contributed by atoms with van der Waals surface area (Å²) in [5.74, 6) is 0.359. The Hall–Kier alpha value is -2.09. The van der Waals surface area contributed by atoms with Crippen LogP contribution >= 0.6 is 0 Å². The lowest BCUT2D eigenvalue weighted by molar-refractivity contribution is 0.238. The van der Waals surface area contributed by atoms with Crippen molar-refractivity contribution in [2.75, 3.05) is 0 Å². The largest absolute Gasteiger partial charge is 0.477 e. The van der Waals surface area contributed by atoms with Gasteiger partial charge in [0, 0.05) is 6.42 Å². The molecule has 0 spiro atoms. The van der Waals surface area contributed by atoms with Crippen LogP contribution in [0.15, 0.2) is 60.7 Å². The van der Waals surface area contributed by atoms with E-state index < -0.39 is 5.41 Å². The third-order valence-electron chi connectivity index (χ3n) is 3.83. The van der Waals surface area contributed by atoms with E-state index >= 15 is 0 Å². The number of benzene rings is 2. The topological polar surface area (TPSA) is 33.1 Å². The molecule has 1 saturated heterocycles. The average Bonchev–Trinajstić information content (AvgIpc) is 2.76. The van der Waals surface area contributed by atoms with E-state index in [1.165, 1.54) is 0 Å². The Morgan fingerprint density at radius 2 is 1.42 bits per heavy atom. The van der Waals surface area contributed by atoms with Gasteiger partial charge in [-0.15, -0.1) is 0 Å². The SMILES string of the molecule is C[C@H]1CC(c2ccccc2)(c2ccccc2)C(=N)O1. The molecule has 0 aromatic heterocycles. The highest BCUT2D eigenvalue weighted by atomic mass is 16.5. The normalized spacial score (nSPS) is 21.1. The maximum Gasteiger partial charge on any atom is 0.196 e. The molecule has 2 heteroatoms. The minimum absolute atomic E-state index is 0.0768. The Balaban J connectivity index is 2.20. The van der Waals surface area contributed by atoms with Gasteiger partial charge in [0.25, 0.3) is 0 Å². The van der Waals surface area contributed by atoms with Gasteiger partial charge in [0.2, 0.25) is 0 Å². The zero-order chi connectivity index (χ0) is 13.3. The maximum atomic E-state index is 8.34. The summed E-state index contributed by atoms with van der Waals surface area (Å²) in [4.78, 5) is 0. The minimum Gasteiger partial charge on any atom is -0.477 e. The van der Waals surface area contributed by atoms with Crippen molar-refractivity contribution in [1.29, 1.82) is 5.41 Å². The van der Waals surface area contributed by atoms with Crippen LogP contribution in [0, 0.1) is 5.41 Å². The quantitative estimate of drug-likeness (QED) is 0.866. The molecule has 0 saturated carbocycles. The number of hydrogen-bond acceptors (Lipinski definition) is 2. The average molecular weight is 251 g/mol. The van der Waals surface area contributed by atoms with Gasteiger partial charge in [0.15, 0.2) is 5.90 Å². The van der Waals surface area contributed by atoms with Crippen LogP contribution in [0.4, 0.5) is 0 Å². The van der Waals surface area contributed by atoms with Crippen molar-refractivity contribution in [2.24, 2.45) is 0 Å². The summed E-state index contributed by atoms with van der Waals surface area (Å²) in [5.41, 5.74) is 1.84. The molecule has 0 unspecified atom stereocenters. The highest BCUT2D eigenvalue weighted by Gasteiger charge is 2.47. The minimum atomic E-state index is -0.429. The molecule has 1 aliphatic heterocycles. The van der Waals surface area contributed by atoms with Gasteiger partial charge in [0.1, 0.15) is 0 Å². The zero-order valence-corrected chi connectivity index (χ0v) is 11.0. The fourth-order valence-corrected chi connectivity index (χ4v) is 2.98. The molecule has 2 aromatic carbocycles. The van der Waals surface area contributed by atoms with Crippen LogP contribution in [0.3, 0.4) is 0 Å². The lowest BCUT2D eigenvalue weighted by atomic mass is 9.72. The first-order valence-corrected chi connectivity index (χ1v) is 6.60. The van der Waals surface area contributed by atoms with Crippen molar-refractivity contribution in [3.8, 4) is 0 Å². The van der Waals surface area contributed by atoms with Crippen molar-refractivity contribution in [3.05, 3.63) is 71.8 Å². The van der Waals surface area contributed by atoms with Gasteiger partial charge in [0.05, 0.1) is 11.5 Å². The zero-order valence-electron chi connectivity index (χ0n) is 11.0. The molecule has 1 heterocycles. The standard InChI is InChI=1S/C17H17NO/c1-13-12-17(16(18)19-13,14-8-4-2-5-9-14)15-10-6-3-7-11-15/h2-11,13,18H,12H2,1H3/t13-/m0/s1. The van der Waals surface area contributed by atoms with Crippen molar-refractivity contribution < 1.29 is 4.74 Å². The molecule has 0 amide bonds. The number of rotatable bonds is 2. The molecule has 1 atom stereocenters. The first-order valence-electron chi connectivity index (χ1n) is 6.60. The maximum absolute atomic E-state index is 8.34. The van der Waals surface area contributed by atoms with Crippen molar-refractivity contribution in [2.45, 2.75) is 24.9 Å². The number of nitrogens with one attached hydrogen (secondary N) is 1. The van der Waals surface area contributed by atoms with E-state index in [0.717, 1.165) is 17.5 Å². The summed E-state index contributed by atoms with van der Waals surface area (Å²) in [6.45, 7) is 2.03. The lowest BCUT2D eigenvalue weighted by Gasteiger charge is -2.28. The van der Waals surface area contributed by atoms with E-state index in [-0.39, 0.29) is 6.10 Å². The summed E-state index contributed by atoms with van der Waals surface area (Å²) in [5, 5.41) is 8.34. The second kappa shape index (κ2) is 4.54. The van der Waals surface area contributed by atoms with Crippen molar-refractivity contribution in [3.63, 3.8) is 0 Å². The van der Waals surface area contributed by atoms with Gasteiger partial charge in [-0.3, -0.25) is 5.41 Å². The summed E-state index contributed by atoms with van der Waals surface area (Å²) in [7, 11) is 0. The van der Waals surface area contributed by atoms with Crippen LogP contribution in [0.2, 0.25) is 0 Å². The monoisotopic (exact) mass is 251 g/mol. The van der Waals surface area contributed by atoms with Crippen LogP contribution in [0.5, 0.6) is 0 Å². The molecule has 1 N–H and O–H groups in total. The summed E-state index contributed by atoms with van der Waals surface area (Å²) >= 11 is 0. The molecular formula is C17H17NO. The third-order valence-corrected chi connectivity index (χ3v) is 3.83. The highest BCUT2D eigenvalue weighted by molar-refractivity contribution is 5.91. The van der Waals surface area contributed by atoms with E-state index in [1.54, 1.807) is 0 Å². The van der Waals surface area contributed by atoms with Crippen LogP contribution < -0.4 is 0 Å². The Kier molecular flexibility index (Phi) is 2.86. The van der Waals surface area contributed by atoms with Gasteiger partial charge < -0.3 is 4.74 Å². The first-order chi connectivity index (χ1) is 9.23. The third kappa shape index (κ3) is 1.84. The van der Waals surface area contributed by atoms with Crippen molar-refractivity contribution in [1.82, 2.24) is 0 Å². The predicted octanol–water partition coefficient (Wildman–Crippen LogP) is 3.76. The molecule has 2 nitrogen and oxygen atoms in total. The van der Waals surface area contributed by atoms with E-state index in [2.05, 4.69) is 24.3 Å². The molecular weight excluding hydrogens is 234 g/mol. The van der Waals surface area contributed by atoms with Gasteiger partial charge in [-0.2, -0.15) is 0 Å². The van der Waals surface area contributed by atoms with E-state index in [9.17, 15) is 0 Å². The summed E-state index contributed by atoms with van der Waals surface area (Å²) in [6.07, 6.45) is 0.896. The van der Waals surface area contributed by atoms with Crippen LogP contribution in [-0.2, 0) is 10.2 Å². The smallest absolute Gasteiger partial charge is 0.196 e. The Morgan fingerprint density at radius 1 is 0.947 bits per heavy atom. The molecule has 0 radical (unpaired) electrons. The molecule has 2 aromatic rings. The molecule has 3 rings (SSSR count). The second-order valence-electron chi connectivity index (χ2n) is 5.10. The van der Waals surface area contributed by atoms with Crippen LogP contribution in [0.1, 0.15) is 24.5 Å². The van der Waals surface area contributed by atoms with E-state index in [1.807, 2.05) is 43.3 Å². The summed E-state index contributed by atoms with van der Waals surface area (Å²) < 4.78 is 5.67. The molecule has 1 aliphatic rings. The van der Waals surface area contributed by atoms with Crippen LogP contribution in [0.25, 0.3) is 0 Å². The Morgan fingerprint density at radius 3 is 1.79 bits per heavy atom. The van der Waals surface area contributed by atoms with Gasteiger partial charge in [-0.25, -0.2) is 0 Å². The van der Waals surface area contributed by atoms with Gasteiger partial charge in [-0.05, 0) is 18.1 Å². The molecule has 0 aliphatic carbocycles. The lowest BCUT2D eigenvalue weighted by Crippen LogP contribution is -2.32. The number of ether oxygens (including phenoxy) is 1. The fourth-order valence-electron chi connectivity index (χ4n) is 2.98. The van der Waals surface area contributed by atoms with Crippen LogP contribution in [-0.4, -0.2) is 12.0 Å². The van der Waals surface area contributed by atoms with Gasteiger partial charge in [-0.1, -0.05) is 60.7 Å². The Bertz CT molecular complexity index is 537.